The normalized spacial score (nSPS) is 12.2. The first kappa shape index (κ1) is 26.8. The predicted octanol–water partition coefficient (Wildman–Crippen LogP) is 5.69. The van der Waals surface area contributed by atoms with E-state index in [4.69, 9.17) is 13.9 Å². The van der Waals surface area contributed by atoms with Crippen molar-refractivity contribution in [3.63, 3.8) is 0 Å². The number of carbonyl (C=O) groups excluding carboxylic acids is 1. The molecule has 2 aromatic heterocycles. The lowest BCUT2D eigenvalue weighted by Gasteiger charge is -2.15. The van der Waals surface area contributed by atoms with Crippen molar-refractivity contribution in [1.82, 2.24) is 9.66 Å². The van der Waals surface area contributed by atoms with Gasteiger partial charge in [0.25, 0.3) is 5.56 Å². The van der Waals surface area contributed by atoms with Crippen molar-refractivity contribution >= 4 is 55.7 Å². The monoisotopic (exact) mass is 604 g/mol. The van der Waals surface area contributed by atoms with Gasteiger partial charge in [-0.05, 0) is 56.3 Å². The van der Waals surface area contributed by atoms with E-state index in [-0.39, 0.29) is 29.4 Å². The van der Waals surface area contributed by atoms with E-state index < -0.39 is 22.6 Å². The van der Waals surface area contributed by atoms with Crippen molar-refractivity contribution in [2.24, 2.45) is 5.10 Å². The Morgan fingerprint density at radius 2 is 2.00 bits per heavy atom. The highest BCUT2D eigenvalue weighted by Crippen LogP contribution is 2.32. The highest BCUT2D eigenvalue weighted by molar-refractivity contribution is 9.10. The number of aromatic nitrogens is 2. The number of fused-ring (bicyclic) bond motifs is 2. The van der Waals surface area contributed by atoms with Gasteiger partial charge < -0.3 is 13.9 Å². The predicted molar refractivity (Wildman–Crippen MR) is 152 cm³/mol. The lowest BCUT2D eigenvalue weighted by molar-refractivity contribution is -0.386. The smallest absolute Gasteiger partial charge is 0.347 e. The minimum atomic E-state index is -1.14. The third-order valence-corrected chi connectivity index (χ3v) is 6.39. The van der Waals surface area contributed by atoms with Crippen LogP contribution in [0, 0.1) is 10.1 Å². The molecular formula is C28H21BrN4O7. The number of hydrogen-bond acceptors (Lipinski definition) is 9. The third-order valence-electron chi connectivity index (χ3n) is 5.90. The first-order chi connectivity index (χ1) is 19.3. The van der Waals surface area contributed by atoms with Crippen LogP contribution >= 0.6 is 15.9 Å². The van der Waals surface area contributed by atoms with E-state index in [1.807, 2.05) is 12.1 Å². The number of hydrogen-bond donors (Lipinski definition) is 0. The van der Waals surface area contributed by atoms with E-state index in [1.165, 1.54) is 31.3 Å². The molecule has 1 atom stereocenters. The molecule has 0 amide bonds. The molecule has 40 heavy (non-hydrogen) atoms. The summed E-state index contributed by atoms with van der Waals surface area (Å²) in [6.07, 6.45) is 0.101. The van der Waals surface area contributed by atoms with Crippen molar-refractivity contribution in [3.8, 4) is 17.3 Å². The number of ether oxygens (including phenoxy) is 2. The highest BCUT2D eigenvalue weighted by atomic mass is 79.9. The highest BCUT2D eigenvalue weighted by Gasteiger charge is 2.25. The molecule has 0 aliphatic carbocycles. The molecule has 11 nitrogen and oxygen atoms in total. The second kappa shape index (κ2) is 11.1. The molecule has 0 saturated carbocycles. The lowest BCUT2D eigenvalue weighted by Crippen LogP contribution is -2.27. The van der Waals surface area contributed by atoms with Crippen LogP contribution in [0.5, 0.6) is 5.75 Å². The number of nitro groups is 1. The van der Waals surface area contributed by atoms with Gasteiger partial charge in [-0.1, -0.05) is 34.1 Å². The van der Waals surface area contributed by atoms with Crippen molar-refractivity contribution in [3.05, 3.63) is 97.2 Å². The molecule has 5 rings (SSSR count). The van der Waals surface area contributed by atoms with Crippen molar-refractivity contribution in [2.75, 3.05) is 6.61 Å². The third kappa shape index (κ3) is 5.21. The summed E-state index contributed by atoms with van der Waals surface area (Å²) in [6, 6.07) is 18.2. The van der Waals surface area contributed by atoms with Gasteiger partial charge in [-0.25, -0.2) is 9.78 Å². The largest absolute Gasteiger partial charge is 0.471 e. The minimum Gasteiger partial charge on any atom is -0.471 e. The van der Waals surface area contributed by atoms with Crippen LogP contribution in [0.25, 0.3) is 33.5 Å². The molecule has 0 spiro atoms. The molecule has 12 heteroatoms. The summed E-state index contributed by atoms with van der Waals surface area (Å²) >= 11 is 3.44. The number of esters is 1. The summed E-state index contributed by atoms with van der Waals surface area (Å²) in [5, 5.41) is 17.2. The first-order valence-electron chi connectivity index (χ1n) is 12.1. The van der Waals surface area contributed by atoms with Crippen molar-refractivity contribution in [1.29, 1.82) is 0 Å². The van der Waals surface area contributed by atoms with Gasteiger partial charge in [0, 0.05) is 21.5 Å². The van der Waals surface area contributed by atoms with Crippen LogP contribution in [-0.4, -0.2) is 39.5 Å². The van der Waals surface area contributed by atoms with Gasteiger partial charge in [0.1, 0.15) is 5.58 Å². The van der Waals surface area contributed by atoms with E-state index in [2.05, 4.69) is 26.0 Å². The first-order valence-corrected chi connectivity index (χ1v) is 12.9. The SMILES string of the molecule is CCOC(=O)[C@@H](C)Oc1c(C=Nn2c(-c3cc4cc(Br)ccc4o3)nc3ccccc3c2=O)cccc1[N+](=O)[O-]. The quantitative estimate of drug-likeness (QED) is 0.0951. The van der Waals surface area contributed by atoms with Crippen LogP contribution < -0.4 is 10.3 Å². The maximum Gasteiger partial charge on any atom is 0.347 e. The summed E-state index contributed by atoms with van der Waals surface area (Å²) in [5.41, 5.74) is 0.319. The number of nitro benzene ring substituents is 1. The van der Waals surface area contributed by atoms with E-state index in [0.717, 1.165) is 14.5 Å². The van der Waals surface area contributed by atoms with Gasteiger partial charge in [-0.3, -0.25) is 14.9 Å². The molecule has 0 aliphatic rings. The molecule has 2 heterocycles. The topological polar surface area (TPSA) is 139 Å². The van der Waals surface area contributed by atoms with Gasteiger partial charge in [0.15, 0.2) is 11.9 Å². The van der Waals surface area contributed by atoms with Crippen LogP contribution in [0.15, 0.2) is 85.5 Å². The van der Waals surface area contributed by atoms with E-state index >= 15 is 0 Å². The minimum absolute atomic E-state index is 0.122. The Kier molecular flexibility index (Phi) is 7.43. The van der Waals surface area contributed by atoms with Gasteiger partial charge in [0.05, 0.1) is 28.6 Å². The molecule has 5 aromatic rings. The average Bonchev–Trinajstić information content (AvgIpc) is 3.36. The maximum atomic E-state index is 13.6. The summed E-state index contributed by atoms with van der Waals surface area (Å²) < 4.78 is 18.6. The molecule has 3 aromatic carbocycles. The standard InChI is InChI=1S/C28H21BrN4O7/c1-3-38-28(35)16(2)39-25-17(7-6-10-22(25)33(36)37)15-30-32-26(31-21-9-5-4-8-20(21)27(32)34)24-14-18-13-19(29)11-12-23(18)40-24/h4-16H,3H2,1-2H3/t16-/m1/s1. The van der Waals surface area contributed by atoms with E-state index in [9.17, 15) is 19.7 Å². The second-order valence-electron chi connectivity index (χ2n) is 8.57. The fraction of sp³-hybridized carbons (Fsp3) is 0.143. The fourth-order valence-corrected chi connectivity index (χ4v) is 4.41. The van der Waals surface area contributed by atoms with Gasteiger partial charge in [-0.15, -0.1) is 0 Å². The van der Waals surface area contributed by atoms with Crippen molar-refractivity contribution < 1.29 is 23.6 Å². The number of halogens is 1. The Balaban J connectivity index is 1.66. The number of nitrogens with zero attached hydrogens (tertiary/aromatic N) is 4. The zero-order valence-electron chi connectivity index (χ0n) is 21.2. The average molecular weight is 605 g/mol. The van der Waals surface area contributed by atoms with E-state index in [0.29, 0.717) is 22.2 Å². The van der Waals surface area contributed by atoms with Crippen LogP contribution in [0.4, 0.5) is 5.69 Å². The molecule has 0 unspecified atom stereocenters. The summed E-state index contributed by atoms with van der Waals surface area (Å²) in [6.45, 7) is 3.18. The van der Waals surface area contributed by atoms with Crippen molar-refractivity contribution in [2.45, 2.75) is 20.0 Å². The molecule has 0 fully saturated rings. The van der Waals surface area contributed by atoms with Gasteiger partial charge in [0.2, 0.25) is 11.6 Å². The number of benzene rings is 3. The Bertz CT molecular complexity index is 1860. The Morgan fingerprint density at radius 1 is 1.20 bits per heavy atom. The number of carbonyl (C=O) groups is 1. The molecule has 0 radical (unpaired) electrons. The van der Waals surface area contributed by atoms with Crippen LogP contribution in [0.2, 0.25) is 0 Å². The van der Waals surface area contributed by atoms with Crippen LogP contribution in [0.3, 0.4) is 0 Å². The lowest BCUT2D eigenvalue weighted by atomic mass is 10.2. The number of rotatable bonds is 8. The molecule has 0 aliphatic heterocycles. The van der Waals surface area contributed by atoms with Gasteiger partial charge >= 0.3 is 11.7 Å². The summed E-state index contributed by atoms with van der Waals surface area (Å²) in [7, 11) is 0. The number of para-hydroxylation sites is 2. The molecule has 0 N–H and O–H groups in total. The maximum absolute atomic E-state index is 13.6. The van der Waals surface area contributed by atoms with Crippen LogP contribution in [0.1, 0.15) is 19.4 Å². The van der Waals surface area contributed by atoms with Gasteiger partial charge in [-0.2, -0.15) is 9.78 Å². The van der Waals surface area contributed by atoms with Crippen LogP contribution in [-0.2, 0) is 9.53 Å². The second-order valence-corrected chi connectivity index (χ2v) is 9.49. The Morgan fingerprint density at radius 3 is 2.77 bits per heavy atom. The molecule has 0 bridgehead atoms. The zero-order chi connectivity index (χ0) is 28.4. The Labute approximate surface area is 234 Å². The molecule has 0 saturated heterocycles. The molecular weight excluding hydrogens is 584 g/mol. The molecule has 202 valence electrons. The fourth-order valence-electron chi connectivity index (χ4n) is 4.04. The van der Waals surface area contributed by atoms with E-state index in [1.54, 1.807) is 43.3 Å². The Hall–Kier alpha value is -4.84. The number of furan rings is 1. The summed E-state index contributed by atoms with van der Waals surface area (Å²) in [5.74, 6) is -0.467. The summed E-state index contributed by atoms with van der Waals surface area (Å²) in [4.78, 5) is 41.5. The zero-order valence-corrected chi connectivity index (χ0v) is 22.8.